The number of nitrogens with one attached hydrogen (secondary N) is 1. The number of amides is 1. The molecule has 0 aliphatic heterocycles. The minimum Gasteiger partial charge on any atom is -0.391 e. The molecule has 4 nitrogen and oxygen atoms in total. The zero-order chi connectivity index (χ0) is 12.8. The molecule has 5 heteroatoms. The van der Waals surface area contributed by atoms with Crippen LogP contribution in [0.5, 0.6) is 0 Å². The van der Waals surface area contributed by atoms with E-state index in [4.69, 9.17) is 11.6 Å². The van der Waals surface area contributed by atoms with E-state index in [-0.39, 0.29) is 17.6 Å². The van der Waals surface area contributed by atoms with Gasteiger partial charge in [0.1, 0.15) is 5.15 Å². The van der Waals surface area contributed by atoms with Crippen molar-refractivity contribution in [3.05, 3.63) is 29.0 Å². The van der Waals surface area contributed by atoms with Gasteiger partial charge in [-0.3, -0.25) is 4.79 Å². The van der Waals surface area contributed by atoms with Crippen molar-refractivity contribution < 1.29 is 9.90 Å². The highest BCUT2D eigenvalue weighted by atomic mass is 35.5. The summed E-state index contributed by atoms with van der Waals surface area (Å²) in [5.74, 6) is 0.148. The monoisotopic (exact) mass is 256 g/mol. The van der Waals surface area contributed by atoms with Gasteiger partial charge in [-0.05, 0) is 24.5 Å². The number of halogens is 1. The van der Waals surface area contributed by atoms with Crippen molar-refractivity contribution in [1.82, 2.24) is 10.3 Å². The third-order valence-electron chi connectivity index (χ3n) is 2.23. The molecule has 1 heterocycles. The number of hydrogen-bond acceptors (Lipinski definition) is 3. The van der Waals surface area contributed by atoms with Gasteiger partial charge in [0.2, 0.25) is 0 Å². The molecule has 0 spiro atoms. The molecule has 0 bridgehead atoms. The van der Waals surface area contributed by atoms with Crippen molar-refractivity contribution in [3.63, 3.8) is 0 Å². The number of pyridine rings is 1. The normalized spacial score (nSPS) is 12.5. The number of aliphatic hydroxyl groups excluding tert-OH is 1. The van der Waals surface area contributed by atoms with Gasteiger partial charge in [0.25, 0.3) is 5.91 Å². The predicted molar refractivity (Wildman–Crippen MR) is 67.0 cm³/mol. The van der Waals surface area contributed by atoms with E-state index in [9.17, 15) is 9.90 Å². The number of carbonyl (C=O) groups excluding carboxylic acids is 1. The van der Waals surface area contributed by atoms with E-state index < -0.39 is 6.10 Å². The Labute approximate surface area is 106 Å². The number of hydrogen-bond donors (Lipinski definition) is 2. The highest BCUT2D eigenvalue weighted by Gasteiger charge is 2.10. The highest BCUT2D eigenvalue weighted by Crippen LogP contribution is 2.07. The maximum Gasteiger partial charge on any atom is 0.251 e. The van der Waals surface area contributed by atoms with E-state index in [0.717, 1.165) is 0 Å². The second kappa shape index (κ2) is 6.57. The smallest absolute Gasteiger partial charge is 0.251 e. The number of nitrogens with zero attached hydrogens (tertiary/aromatic N) is 1. The molecule has 2 N–H and O–H groups in total. The van der Waals surface area contributed by atoms with Crippen molar-refractivity contribution in [2.45, 2.75) is 26.4 Å². The first-order valence-corrected chi connectivity index (χ1v) is 5.94. The van der Waals surface area contributed by atoms with E-state index in [1.165, 1.54) is 12.3 Å². The molecule has 1 aromatic heterocycles. The molecule has 0 fully saturated rings. The Hall–Kier alpha value is -1.13. The van der Waals surface area contributed by atoms with Crippen LogP contribution < -0.4 is 5.32 Å². The summed E-state index contributed by atoms with van der Waals surface area (Å²) >= 11 is 5.68. The summed E-state index contributed by atoms with van der Waals surface area (Å²) in [6.45, 7) is 4.29. The molecule has 1 aromatic rings. The van der Waals surface area contributed by atoms with Gasteiger partial charge < -0.3 is 10.4 Å². The van der Waals surface area contributed by atoms with Crippen LogP contribution in [0.25, 0.3) is 0 Å². The Kier molecular flexibility index (Phi) is 5.38. The molecule has 1 amide bonds. The second-order valence-electron chi connectivity index (χ2n) is 4.36. The highest BCUT2D eigenvalue weighted by molar-refractivity contribution is 6.29. The molecule has 1 rings (SSSR count). The summed E-state index contributed by atoms with van der Waals surface area (Å²) in [4.78, 5) is 15.5. The minimum atomic E-state index is -0.517. The SMILES string of the molecule is CC(C)CC(O)CNC(=O)c1ccnc(Cl)c1. The second-order valence-corrected chi connectivity index (χ2v) is 4.75. The summed E-state index contributed by atoms with van der Waals surface area (Å²) in [7, 11) is 0. The van der Waals surface area contributed by atoms with Crippen molar-refractivity contribution in [2.75, 3.05) is 6.54 Å². The van der Waals surface area contributed by atoms with Crippen LogP contribution in [-0.4, -0.2) is 28.6 Å². The predicted octanol–water partition coefficient (Wildman–Crippen LogP) is 1.87. The van der Waals surface area contributed by atoms with E-state index in [1.54, 1.807) is 6.07 Å². The molecule has 0 aliphatic carbocycles. The first kappa shape index (κ1) is 13.9. The lowest BCUT2D eigenvalue weighted by Crippen LogP contribution is -2.32. The lowest BCUT2D eigenvalue weighted by molar-refractivity contribution is 0.0900. The summed E-state index contributed by atoms with van der Waals surface area (Å²) in [6.07, 6.45) is 1.62. The summed E-state index contributed by atoms with van der Waals surface area (Å²) in [5, 5.41) is 12.6. The Balaban J connectivity index is 2.45. The maximum atomic E-state index is 11.7. The van der Waals surface area contributed by atoms with Crippen molar-refractivity contribution in [2.24, 2.45) is 5.92 Å². The van der Waals surface area contributed by atoms with E-state index in [0.29, 0.717) is 17.9 Å². The Morgan fingerprint density at radius 3 is 2.88 bits per heavy atom. The van der Waals surface area contributed by atoms with Crippen LogP contribution in [-0.2, 0) is 0 Å². The standard InChI is InChI=1S/C12H17ClN2O2/c1-8(2)5-10(16)7-15-12(17)9-3-4-14-11(13)6-9/h3-4,6,8,10,16H,5,7H2,1-2H3,(H,15,17). The summed E-state index contributed by atoms with van der Waals surface area (Å²) in [5.41, 5.74) is 0.446. The van der Waals surface area contributed by atoms with Crippen molar-refractivity contribution >= 4 is 17.5 Å². The Morgan fingerprint density at radius 2 is 2.29 bits per heavy atom. The molecule has 0 aliphatic rings. The first-order valence-electron chi connectivity index (χ1n) is 5.57. The average Bonchev–Trinajstić information content (AvgIpc) is 2.25. The fourth-order valence-electron chi connectivity index (χ4n) is 1.48. The van der Waals surface area contributed by atoms with Gasteiger partial charge in [0, 0.05) is 18.3 Å². The Morgan fingerprint density at radius 1 is 1.59 bits per heavy atom. The number of aliphatic hydroxyl groups is 1. The van der Waals surface area contributed by atoms with Crippen LogP contribution in [0.3, 0.4) is 0 Å². The fraction of sp³-hybridized carbons (Fsp3) is 0.500. The molecule has 1 unspecified atom stereocenters. The zero-order valence-electron chi connectivity index (χ0n) is 9.98. The topological polar surface area (TPSA) is 62.2 Å². The molecule has 94 valence electrons. The van der Waals surface area contributed by atoms with Gasteiger partial charge >= 0.3 is 0 Å². The molecule has 0 aromatic carbocycles. The molecular formula is C12H17ClN2O2. The van der Waals surface area contributed by atoms with E-state index in [1.807, 2.05) is 13.8 Å². The van der Waals surface area contributed by atoms with Gasteiger partial charge in [-0.1, -0.05) is 25.4 Å². The molecule has 0 radical (unpaired) electrons. The largest absolute Gasteiger partial charge is 0.391 e. The van der Waals surface area contributed by atoms with Gasteiger partial charge in [0.05, 0.1) is 6.10 Å². The lowest BCUT2D eigenvalue weighted by Gasteiger charge is -2.13. The van der Waals surface area contributed by atoms with Gasteiger partial charge in [-0.15, -0.1) is 0 Å². The Bertz CT molecular complexity index is 383. The van der Waals surface area contributed by atoms with Gasteiger partial charge in [-0.2, -0.15) is 0 Å². The van der Waals surface area contributed by atoms with Crippen LogP contribution in [0.2, 0.25) is 5.15 Å². The van der Waals surface area contributed by atoms with Crippen molar-refractivity contribution in [3.8, 4) is 0 Å². The molecule has 17 heavy (non-hydrogen) atoms. The minimum absolute atomic E-state index is 0.247. The van der Waals surface area contributed by atoms with E-state index in [2.05, 4.69) is 10.3 Å². The van der Waals surface area contributed by atoms with Crippen LogP contribution in [0.4, 0.5) is 0 Å². The summed E-state index contributed by atoms with van der Waals surface area (Å²) < 4.78 is 0. The lowest BCUT2D eigenvalue weighted by atomic mass is 10.1. The third-order valence-corrected chi connectivity index (χ3v) is 2.44. The molecule has 0 saturated heterocycles. The van der Waals surface area contributed by atoms with Gasteiger partial charge in [-0.25, -0.2) is 4.98 Å². The van der Waals surface area contributed by atoms with Crippen LogP contribution >= 0.6 is 11.6 Å². The fourth-order valence-corrected chi connectivity index (χ4v) is 1.66. The quantitative estimate of drug-likeness (QED) is 0.791. The van der Waals surface area contributed by atoms with Crippen LogP contribution in [0, 0.1) is 5.92 Å². The molecule has 1 atom stereocenters. The molecular weight excluding hydrogens is 240 g/mol. The maximum absolute atomic E-state index is 11.7. The third kappa shape index (κ3) is 5.15. The number of rotatable bonds is 5. The van der Waals surface area contributed by atoms with E-state index >= 15 is 0 Å². The van der Waals surface area contributed by atoms with Crippen molar-refractivity contribution in [1.29, 1.82) is 0 Å². The average molecular weight is 257 g/mol. The number of aromatic nitrogens is 1. The van der Waals surface area contributed by atoms with Crippen LogP contribution in [0.1, 0.15) is 30.6 Å². The van der Waals surface area contributed by atoms with Gasteiger partial charge in [0.15, 0.2) is 0 Å². The van der Waals surface area contributed by atoms with Crippen LogP contribution in [0.15, 0.2) is 18.3 Å². The summed E-state index contributed by atoms with van der Waals surface area (Å²) in [6, 6.07) is 3.07. The molecule has 0 saturated carbocycles. The zero-order valence-corrected chi connectivity index (χ0v) is 10.7. The number of carbonyl (C=O) groups is 1. The first-order chi connectivity index (χ1) is 7.99.